The van der Waals surface area contributed by atoms with Gasteiger partial charge in [-0.2, -0.15) is 17.0 Å². The van der Waals surface area contributed by atoms with Crippen LogP contribution in [0.2, 0.25) is 0 Å². The summed E-state index contributed by atoms with van der Waals surface area (Å²) in [5.41, 5.74) is 0. The molecular formula is C15H29N3O3S. The van der Waals surface area contributed by atoms with Gasteiger partial charge in [0.05, 0.1) is 0 Å². The van der Waals surface area contributed by atoms with Gasteiger partial charge in [-0.05, 0) is 38.6 Å². The van der Waals surface area contributed by atoms with Crippen molar-refractivity contribution in [1.82, 2.24) is 13.5 Å². The Labute approximate surface area is 134 Å². The summed E-state index contributed by atoms with van der Waals surface area (Å²) in [6, 6.07) is 0.611. The maximum absolute atomic E-state index is 13.1. The Kier molecular flexibility index (Phi) is 5.09. The van der Waals surface area contributed by atoms with Gasteiger partial charge in [0.1, 0.15) is 0 Å². The summed E-state index contributed by atoms with van der Waals surface area (Å²) in [7, 11) is -1.63. The minimum absolute atomic E-state index is 0.0814. The van der Waals surface area contributed by atoms with Crippen molar-refractivity contribution < 1.29 is 13.2 Å². The van der Waals surface area contributed by atoms with Crippen LogP contribution in [0.5, 0.6) is 0 Å². The molecule has 7 heteroatoms. The van der Waals surface area contributed by atoms with E-state index < -0.39 is 10.2 Å². The van der Waals surface area contributed by atoms with Crippen LogP contribution in [0.3, 0.4) is 0 Å². The second-order valence-corrected chi connectivity index (χ2v) is 8.73. The van der Waals surface area contributed by atoms with Gasteiger partial charge in [0.15, 0.2) is 0 Å². The van der Waals surface area contributed by atoms with Crippen LogP contribution in [0.1, 0.15) is 39.0 Å². The SMILES string of the molecule is CC[C@H]1CN2CCC[C@@H]2CN1S(=O)(=O)N(C)C1CCOCC1. The monoisotopic (exact) mass is 331 g/mol. The summed E-state index contributed by atoms with van der Waals surface area (Å²) in [5, 5.41) is 0. The van der Waals surface area contributed by atoms with Crippen LogP contribution in [-0.2, 0) is 14.9 Å². The normalized spacial score (nSPS) is 32.5. The van der Waals surface area contributed by atoms with Crippen LogP contribution < -0.4 is 0 Å². The zero-order valence-electron chi connectivity index (χ0n) is 13.8. The fourth-order valence-corrected chi connectivity index (χ4v) is 5.95. The fourth-order valence-electron chi connectivity index (χ4n) is 4.08. The van der Waals surface area contributed by atoms with E-state index in [2.05, 4.69) is 11.8 Å². The van der Waals surface area contributed by atoms with Crippen molar-refractivity contribution in [2.75, 3.05) is 39.9 Å². The lowest BCUT2D eigenvalue weighted by Gasteiger charge is -2.45. The topological polar surface area (TPSA) is 53.1 Å². The Balaban J connectivity index is 1.76. The van der Waals surface area contributed by atoms with Crippen LogP contribution in [0, 0.1) is 0 Å². The molecule has 3 heterocycles. The average Bonchev–Trinajstić information content (AvgIpc) is 3.01. The van der Waals surface area contributed by atoms with E-state index in [1.807, 2.05) is 0 Å². The average molecular weight is 331 g/mol. The molecule has 128 valence electrons. The van der Waals surface area contributed by atoms with Crippen molar-refractivity contribution in [3.8, 4) is 0 Å². The summed E-state index contributed by atoms with van der Waals surface area (Å²) in [4.78, 5) is 2.48. The van der Waals surface area contributed by atoms with Gasteiger partial charge < -0.3 is 4.74 Å². The van der Waals surface area contributed by atoms with E-state index in [0.29, 0.717) is 25.8 Å². The molecule has 0 N–H and O–H groups in total. The standard InChI is InChI=1S/C15H29N3O3S/c1-3-13-11-17-8-4-5-15(17)12-18(13)22(19,20)16(2)14-6-9-21-10-7-14/h13-15H,3-12H2,1-2H3/t13-,15+/m0/s1. The molecule has 0 unspecified atom stereocenters. The molecule has 0 spiro atoms. The van der Waals surface area contributed by atoms with Crippen molar-refractivity contribution in [1.29, 1.82) is 0 Å². The third-order valence-electron chi connectivity index (χ3n) is 5.58. The third kappa shape index (κ3) is 3.06. The molecule has 22 heavy (non-hydrogen) atoms. The van der Waals surface area contributed by atoms with Crippen molar-refractivity contribution in [2.24, 2.45) is 0 Å². The molecule has 0 radical (unpaired) electrons. The van der Waals surface area contributed by atoms with Crippen LogP contribution in [0.4, 0.5) is 0 Å². The fraction of sp³-hybridized carbons (Fsp3) is 1.00. The van der Waals surface area contributed by atoms with E-state index >= 15 is 0 Å². The molecule has 0 aromatic rings. The van der Waals surface area contributed by atoms with Gasteiger partial charge in [0.25, 0.3) is 10.2 Å². The Morgan fingerprint density at radius 1 is 1.18 bits per heavy atom. The molecule has 3 aliphatic heterocycles. The summed E-state index contributed by atoms with van der Waals surface area (Å²) in [6.07, 6.45) is 4.81. The molecule has 3 fully saturated rings. The number of piperazine rings is 1. The zero-order chi connectivity index (χ0) is 15.7. The molecule has 0 aromatic carbocycles. The van der Waals surface area contributed by atoms with E-state index in [0.717, 1.165) is 38.8 Å². The van der Waals surface area contributed by atoms with Gasteiger partial charge in [0, 0.05) is 51.5 Å². The first-order valence-corrected chi connectivity index (χ1v) is 10.00. The number of hydrogen-bond acceptors (Lipinski definition) is 4. The molecule has 2 atom stereocenters. The predicted molar refractivity (Wildman–Crippen MR) is 85.9 cm³/mol. The quantitative estimate of drug-likeness (QED) is 0.768. The minimum atomic E-state index is -3.38. The van der Waals surface area contributed by atoms with Crippen LogP contribution in [0.25, 0.3) is 0 Å². The van der Waals surface area contributed by atoms with Crippen LogP contribution >= 0.6 is 0 Å². The summed E-state index contributed by atoms with van der Waals surface area (Å²) in [5.74, 6) is 0. The first-order valence-electron chi connectivity index (χ1n) is 8.60. The molecule has 0 amide bonds. The molecule has 0 aromatic heterocycles. The van der Waals surface area contributed by atoms with Gasteiger partial charge in [-0.3, -0.25) is 4.90 Å². The van der Waals surface area contributed by atoms with Crippen molar-refractivity contribution >= 4 is 10.2 Å². The van der Waals surface area contributed by atoms with Gasteiger partial charge in [-0.25, -0.2) is 0 Å². The van der Waals surface area contributed by atoms with Gasteiger partial charge in [0.2, 0.25) is 0 Å². The Morgan fingerprint density at radius 2 is 1.91 bits per heavy atom. The van der Waals surface area contributed by atoms with Gasteiger partial charge in [-0.15, -0.1) is 0 Å². The van der Waals surface area contributed by atoms with E-state index in [1.54, 1.807) is 15.7 Å². The minimum Gasteiger partial charge on any atom is -0.381 e. The largest absolute Gasteiger partial charge is 0.381 e. The van der Waals surface area contributed by atoms with Crippen LogP contribution in [0.15, 0.2) is 0 Å². The van der Waals surface area contributed by atoms with Gasteiger partial charge >= 0.3 is 0 Å². The van der Waals surface area contributed by atoms with E-state index in [1.165, 1.54) is 6.42 Å². The third-order valence-corrected chi connectivity index (χ3v) is 7.64. The van der Waals surface area contributed by atoms with E-state index in [9.17, 15) is 8.42 Å². The molecule has 6 nitrogen and oxygen atoms in total. The van der Waals surface area contributed by atoms with Crippen molar-refractivity contribution in [2.45, 2.75) is 57.2 Å². The number of nitrogens with zero attached hydrogens (tertiary/aromatic N) is 3. The lowest BCUT2D eigenvalue weighted by molar-refractivity contribution is 0.0574. The lowest BCUT2D eigenvalue weighted by atomic mass is 10.1. The first kappa shape index (κ1) is 16.6. The maximum Gasteiger partial charge on any atom is 0.282 e. The maximum atomic E-state index is 13.1. The summed E-state index contributed by atoms with van der Waals surface area (Å²) < 4.78 is 35.0. The highest BCUT2D eigenvalue weighted by atomic mass is 32.2. The summed E-state index contributed by atoms with van der Waals surface area (Å²) >= 11 is 0. The van der Waals surface area contributed by atoms with Crippen molar-refractivity contribution in [3.05, 3.63) is 0 Å². The molecule has 0 saturated carbocycles. The Hall–Kier alpha value is -0.210. The molecule has 3 saturated heterocycles. The van der Waals surface area contributed by atoms with Crippen molar-refractivity contribution in [3.63, 3.8) is 0 Å². The van der Waals surface area contributed by atoms with E-state index in [-0.39, 0.29) is 12.1 Å². The highest BCUT2D eigenvalue weighted by molar-refractivity contribution is 7.86. The second kappa shape index (κ2) is 6.73. The van der Waals surface area contributed by atoms with Gasteiger partial charge in [-0.1, -0.05) is 6.92 Å². The molecule has 0 aliphatic carbocycles. The zero-order valence-corrected chi connectivity index (χ0v) is 14.6. The number of ether oxygens (including phenoxy) is 1. The summed E-state index contributed by atoms with van der Waals surface area (Å²) in [6.45, 7) is 6.11. The number of fused-ring (bicyclic) bond motifs is 1. The molecule has 3 rings (SSSR count). The molecule has 3 aliphatic rings. The molecule has 0 bridgehead atoms. The number of rotatable bonds is 4. The van der Waals surface area contributed by atoms with E-state index in [4.69, 9.17) is 4.74 Å². The Morgan fingerprint density at radius 3 is 2.59 bits per heavy atom. The Bertz CT molecular complexity index is 478. The van der Waals surface area contributed by atoms with Crippen LogP contribution in [-0.4, -0.2) is 79.9 Å². The second-order valence-electron chi connectivity index (χ2n) is 6.79. The predicted octanol–water partition coefficient (Wildman–Crippen LogP) is 0.901. The highest BCUT2D eigenvalue weighted by Crippen LogP contribution is 2.29. The first-order chi connectivity index (χ1) is 10.5. The lowest BCUT2D eigenvalue weighted by Crippen LogP contribution is -2.61. The molecular weight excluding hydrogens is 302 g/mol. The smallest absolute Gasteiger partial charge is 0.282 e. The number of hydrogen-bond donors (Lipinski definition) is 0. The highest BCUT2D eigenvalue weighted by Gasteiger charge is 2.43.